The summed E-state index contributed by atoms with van der Waals surface area (Å²) in [6.07, 6.45) is 2.77. The van der Waals surface area contributed by atoms with Crippen molar-refractivity contribution in [3.05, 3.63) is 82.6 Å². The van der Waals surface area contributed by atoms with Gasteiger partial charge in [-0.2, -0.15) is 0 Å². The van der Waals surface area contributed by atoms with E-state index in [2.05, 4.69) is 54.6 Å². The van der Waals surface area contributed by atoms with Crippen LogP contribution in [0.1, 0.15) is 34.6 Å². The van der Waals surface area contributed by atoms with Crippen LogP contribution in [0.3, 0.4) is 0 Å². The summed E-state index contributed by atoms with van der Waals surface area (Å²) in [5.74, 6) is 0.885. The summed E-state index contributed by atoms with van der Waals surface area (Å²) >= 11 is 0. The van der Waals surface area contributed by atoms with Crippen LogP contribution in [-0.4, -0.2) is 26.1 Å². The Morgan fingerprint density at radius 3 is 2.27 bits per heavy atom. The Kier molecular flexibility index (Phi) is 2.64. The largest absolute Gasteiger partial charge is 0.501 e. The van der Waals surface area contributed by atoms with Gasteiger partial charge < -0.3 is 9.47 Å². The van der Waals surface area contributed by atoms with Crippen LogP contribution >= 0.6 is 0 Å². The van der Waals surface area contributed by atoms with Crippen molar-refractivity contribution in [1.29, 1.82) is 0 Å². The minimum absolute atomic E-state index is 0.0191. The molecule has 130 valence electrons. The maximum absolute atomic E-state index is 13.4. The third-order valence-corrected chi connectivity index (χ3v) is 7.17. The molecule has 1 aliphatic heterocycles. The minimum atomic E-state index is -0.372. The standard InChI is InChI=1S/C23H20O3/c1-25-19-11-22-10-18(24)21(19)20-14-6-2-4-8-16(14)23(22,13-26-12-22)17-9-5-3-7-15(17)20/h2-9,11,20-21H,10,12-13H2,1H3. The lowest BCUT2D eigenvalue weighted by Crippen LogP contribution is -2.55. The molecule has 0 N–H and O–H groups in total. The first-order valence-electron chi connectivity index (χ1n) is 9.28. The van der Waals surface area contributed by atoms with Crippen molar-refractivity contribution in [3.63, 3.8) is 0 Å². The Balaban J connectivity index is 1.84. The van der Waals surface area contributed by atoms with Gasteiger partial charge in [-0.05, 0) is 28.3 Å². The molecule has 3 heteroatoms. The zero-order valence-electron chi connectivity index (χ0n) is 14.7. The monoisotopic (exact) mass is 344 g/mol. The van der Waals surface area contributed by atoms with Crippen LogP contribution in [0.2, 0.25) is 0 Å². The van der Waals surface area contributed by atoms with Crippen molar-refractivity contribution in [2.45, 2.75) is 17.8 Å². The van der Waals surface area contributed by atoms with Crippen molar-refractivity contribution in [1.82, 2.24) is 0 Å². The number of carbonyl (C=O) groups is 1. The molecule has 4 bridgehead atoms. The summed E-state index contributed by atoms with van der Waals surface area (Å²) in [6, 6.07) is 17.3. The summed E-state index contributed by atoms with van der Waals surface area (Å²) < 4.78 is 11.9. The Labute approximate surface area is 152 Å². The number of methoxy groups -OCH3 is 1. The second-order valence-electron chi connectivity index (χ2n) is 8.08. The van der Waals surface area contributed by atoms with Crippen LogP contribution in [0.4, 0.5) is 0 Å². The van der Waals surface area contributed by atoms with Gasteiger partial charge >= 0.3 is 0 Å². The molecule has 0 radical (unpaired) electrons. The Bertz CT molecular complexity index is 941. The molecule has 6 aliphatic carbocycles. The first-order chi connectivity index (χ1) is 12.7. The quantitative estimate of drug-likeness (QED) is 0.793. The highest BCUT2D eigenvalue weighted by molar-refractivity contribution is 5.90. The molecule has 2 aromatic carbocycles. The van der Waals surface area contributed by atoms with Gasteiger partial charge in [-0.3, -0.25) is 4.79 Å². The first kappa shape index (κ1) is 14.7. The molecule has 1 saturated heterocycles. The number of ketones is 1. The van der Waals surface area contributed by atoms with E-state index in [-0.39, 0.29) is 28.4 Å². The topological polar surface area (TPSA) is 35.5 Å². The fourth-order valence-electron chi connectivity index (χ4n) is 6.23. The van der Waals surface area contributed by atoms with Crippen LogP contribution in [-0.2, 0) is 19.7 Å². The normalized spacial score (nSPS) is 35.9. The van der Waals surface area contributed by atoms with E-state index in [0.717, 1.165) is 5.76 Å². The molecule has 7 aliphatic rings. The van der Waals surface area contributed by atoms with Gasteiger partial charge in [-0.1, -0.05) is 48.5 Å². The van der Waals surface area contributed by atoms with Crippen molar-refractivity contribution in [2.75, 3.05) is 20.3 Å². The Morgan fingerprint density at radius 2 is 1.62 bits per heavy atom. The molecule has 2 spiro atoms. The van der Waals surface area contributed by atoms with E-state index in [0.29, 0.717) is 19.6 Å². The van der Waals surface area contributed by atoms with E-state index in [1.54, 1.807) is 7.11 Å². The van der Waals surface area contributed by atoms with E-state index in [4.69, 9.17) is 9.47 Å². The molecular formula is C23H20O3. The number of hydrogen-bond acceptors (Lipinski definition) is 3. The van der Waals surface area contributed by atoms with E-state index in [9.17, 15) is 4.79 Å². The highest BCUT2D eigenvalue weighted by Gasteiger charge is 2.66. The van der Waals surface area contributed by atoms with Crippen LogP contribution in [0.15, 0.2) is 60.4 Å². The molecule has 0 saturated carbocycles. The third kappa shape index (κ3) is 1.41. The van der Waals surface area contributed by atoms with E-state index in [1.165, 1.54) is 22.3 Å². The number of rotatable bonds is 1. The molecule has 3 nitrogen and oxygen atoms in total. The maximum atomic E-state index is 13.4. The van der Waals surface area contributed by atoms with Crippen molar-refractivity contribution in [3.8, 4) is 0 Å². The predicted molar refractivity (Wildman–Crippen MR) is 97.0 cm³/mol. The van der Waals surface area contributed by atoms with Gasteiger partial charge in [-0.15, -0.1) is 0 Å². The average molecular weight is 344 g/mol. The molecule has 26 heavy (non-hydrogen) atoms. The second-order valence-corrected chi connectivity index (χ2v) is 8.08. The first-order valence-corrected chi connectivity index (χ1v) is 9.28. The van der Waals surface area contributed by atoms with Crippen molar-refractivity contribution in [2.24, 2.45) is 11.3 Å². The molecule has 2 atom stereocenters. The number of carbonyl (C=O) groups excluding carboxylic acids is 1. The van der Waals surface area contributed by atoms with Crippen LogP contribution in [0.25, 0.3) is 0 Å². The van der Waals surface area contributed by atoms with E-state index in [1.807, 2.05) is 0 Å². The van der Waals surface area contributed by atoms with Gasteiger partial charge in [0.15, 0.2) is 0 Å². The lowest BCUT2D eigenvalue weighted by atomic mass is 9.46. The molecule has 1 heterocycles. The Morgan fingerprint density at radius 1 is 0.962 bits per heavy atom. The summed E-state index contributed by atoms with van der Waals surface area (Å²) in [4.78, 5) is 13.4. The second kappa shape index (κ2) is 4.66. The number of hydrogen-bond donors (Lipinski definition) is 0. The highest BCUT2D eigenvalue weighted by atomic mass is 16.5. The fourth-order valence-corrected chi connectivity index (χ4v) is 6.23. The lowest BCUT2D eigenvalue weighted by Gasteiger charge is -2.55. The zero-order chi connectivity index (χ0) is 17.5. The smallest absolute Gasteiger partial charge is 0.145 e. The number of Topliss-reactive ketones (excluding diaryl/α,β-unsaturated/α-hetero) is 1. The molecule has 0 amide bonds. The molecule has 2 unspecified atom stereocenters. The van der Waals surface area contributed by atoms with Gasteiger partial charge in [0.1, 0.15) is 11.5 Å². The van der Waals surface area contributed by atoms with Gasteiger partial charge in [0.25, 0.3) is 0 Å². The molecule has 1 fully saturated rings. The van der Waals surface area contributed by atoms with Gasteiger partial charge in [-0.25, -0.2) is 0 Å². The predicted octanol–water partition coefficient (Wildman–Crippen LogP) is 3.57. The third-order valence-electron chi connectivity index (χ3n) is 7.17. The van der Waals surface area contributed by atoms with Gasteiger partial charge in [0.2, 0.25) is 0 Å². The van der Waals surface area contributed by atoms with Crippen LogP contribution < -0.4 is 0 Å². The fraction of sp³-hybridized carbons (Fsp3) is 0.348. The molecular weight excluding hydrogens is 324 g/mol. The molecule has 9 rings (SSSR count). The summed E-state index contributed by atoms with van der Waals surface area (Å²) in [6.45, 7) is 1.17. The summed E-state index contributed by atoms with van der Waals surface area (Å²) in [5, 5.41) is 0. The molecule has 0 aromatic heterocycles. The van der Waals surface area contributed by atoms with Gasteiger partial charge in [0, 0.05) is 17.8 Å². The van der Waals surface area contributed by atoms with Crippen LogP contribution in [0, 0.1) is 11.3 Å². The summed E-state index contributed by atoms with van der Waals surface area (Å²) in [5.41, 5.74) is 4.52. The van der Waals surface area contributed by atoms with Crippen molar-refractivity contribution >= 4 is 5.78 Å². The number of allylic oxidation sites excluding steroid dienone is 1. The maximum Gasteiger partial charge on any atom is 0.145 e. The number of ether oxygens (including phenoxy) is 2. The number of benzene rings is 2. The van der Waals surface area contributed by atoms with E-state index >= 15 is 0 Å². The van der Waals surface area contributed by atoms with E-state index < -0.39 is 0 Å². The van der Waals surface area contributed by atoms with Crippen LogP contribution in [0.5, 0.6) is 0 Å². The highest BCUT2D eigenvalue weighted by Crippen LogP contribution is 2.66. The van der Waals surface area contributed by atoms with Gasteiger partial charge in [0.05, 0.1) is 31.7 Å². The Hall–Kier alpha value is -2.39. The van der Waals surface area contributed by atoms with Crippen molar-refractivity contribution < 1.29 is 14.3 Å². The summed E-state index contributed by atoms with van der Waals surface area (Å²) in [7, 11) is 1.70. The lowest BCUT2D eigenvalue weighted by molar-refractivity contribution is -0.127. The molecule has 2 aromatic rings. The average Bonchev–Trinajstić information content (AvgIpc) is 2.98. The zero-order valence-corrected chi connectivity index (χ0v) is 14.7. The minimum Gasteiger partial charge on any atom is -0.501 e. The SMILES string of the molecule is COC1=CC23COCC24c2ccccc2C(c2ccccc24)C1C(=O)C3.